The molecule has 0 amide bonds. The predicted octanol–water partition coefficient (Wildman–Crippen LogP) is 2.89. The van der Waals surface area contributed by atoms with Gasteiger partial charge in [0.1, 0.15) is 15.5 Å². The number of H-pyrrole nitrogens is 1. The summed E-state index contributed by atoms with van der Waals surface area (Å²) in [5.41, 5.74) is 2.40. The second-order valence-corrected chi connectivity index (χ2v) is 6.22. The molecule has 0 atom stereocenters. The van der Waals surface area contributed by atoms with Crippen molar-refractivity contribution in [3.8, 4) is 0 Å². The molecule has 5 nitrogen and oxygen atoms in total. The second kappa shape index (κ2) is 5.38. The molecule has 112 valence electrons. The average Bonchev–Trinajstić information content (AvgIpc) is 2.79. The molecule has 2 N–H and O–H groups in total. The van der Waals surface area contributed by atoms with Crippen LogP contribution in [0.25, 0.3) is 10.2 Å². The maximum Gasteiger partial charge on any atom is 0.346 e. The number of rotatable bonds is 3. The zero-order chi connectivity index (χ0) is 15.9. The highest BCUT2D eigenvalue weighted by Gasteiger charge is 2.18. The zero-order valence-electron chi connectivity index (χ0n) is 12.1. The molecule has 3 rings (SSSR count). The first-order valence-corrected chi connectivity index (χ1v) is 7.58. The van der Waals surface area contributed by atoms with Crippen LogP contribution in [0.3, 0.4) is 0 Å². The van der Waals surface area contributed by atoms with Crippen LogP contribution >= 0.6 is 11.3 Å². The van der Waals surface area contributed by atoms with Gasteiger partial charge in [0.05, 0.1) is 5.39 Å². The first-order valence-electron chi connectivity index (χ1n) is 6.77. The lowest BCUT2D eigenvalue weighted by molar-refractivity contribution is 0.0701. The van der Waals surface area contributed by atoms with E-state index in [1.807, 2.05) is 31.2 Å². The Morgan fingerprint density at radius 2 is 1.95 bits per heavy atom. The van der Waals surface area contributed by atoms with Gasteiger partial charge in [-0.1, -0.05) is 29.8 Å². The van der Waals surface area contributed by atoms with Crippen LogP contribution in [0.15, 0.2) is 29.1 Å². The molecule has 22 heavy (non-hydrogen) atoms. The number of aromatic amines is 1. The molecule has 0 bridgehead atoms. The third kappa shape index (κ3) is 2.53. The van der Waals surface area contributed by atoms with E-state index < -0.39 is 5.97 Å². The summed E-state index contributed by atoms with van der Waals surface area (Å²) in [5.74, 6) is -0.487. The van der Waals surface area contributed by atoms with Crippen LogP contribution in [0, 0.1) is 13.8 Å². The molecule has 0 unspecified atom stereocenters. The van der Waals surface area contributed by atoms with Gasteiger partial charge in [-0.25, -0.2) is 9.78 Å². The van der Waals surface area contributed by atoms with Gasteiger partial charge in [0.2, 0.25) is 0 Å². The van der Waals surface area contributed by atoms with Gasteiger partial charge in [-0.3, -0.25) is 4.79 Å². The van der Waals surface area contributed by atoms with Crippen LogP contribution in [0.2, 0.25) is 0 Å². The van der Waals surface area contributed by atoms with E-state index in [-0.39, 0.29) is 10.4 Å². The average molecular weight is 314 g/mol. The SMILES string of the molecule is Cc1ccc(Cc2nc3sc(C(=O)O)c(C)c3c(=O)[nH]2)cc1. The van der Waals surface area contributed by atoms with E-state index in [9.17, 15) is 9.59 Å². The number of fused-ring (bicyclic) bond motifs is 1. The van der Waals surface area contributed by atoms with Crippen molar-refractivity contribution in [2.24, 2.45) is 0 Å². The van der Waals surface area contributed by atoms with Crippen molar-refractivity contribution in [3.63, 3.8) is 0 Å². The molecule has 1 aromatic carbocycles. The van der Waals surface area contributed by atoms with E-state index in [4.69, 9.17) is 5.11 Å². The molecule has 0 saturated heterocycles. The summed E-state index contributed by atoms with van der Waals surface area (Å²) in [5, 5.41) is 9.53. The number of carboxylic acids is 1. The van der Waals surface area contributed by atoms with Gasteiger partial charge in [-0.2, -0.15) is 0 Å². The fraction of sp³-hybridized carbons (Fsp3) is 0.188. The van der Waals surface area contributed by atoms with Crippen LogP contribution < -0.4 is 5.56 Å². The van der Waals surface area contributed by atoms with Crippen molar-refractivity contribution < 1.29 is 9.90 Å². The Labute approximate surface area is 130 Å². The maximum atomic E-state index is 12.2. The Balaban J connectivity index is 2.07. The molecule has 2 aromatic heterocycles. The number of aromatic nitrogens is 2. The third-order valence-corrected chi connectivity index (χ3v) is 4.71. The van der Waals surface area contributed by atoms with Crippen LogP contribution in [0.5, 0.6) is 0 Å². The number of aryl methyl sites for hydroxylation is 2. The van der Waals surface area contributed by atoms with Crippen LogP contribution in [-0.4, -0.2) is 21.0 Å². The summed E-state index contributed by atoms with van der Waals surface area (Å²) in [6, 6.07) is 7.98. The van der Waals surface area contributed by atoms with Crippen LogP contribution in [0.4, 0.5) is 0 Å². The molecule has 0 spiro atoms. The van der Waals surface area contributed by atoms with Gasteiger partial charge < -0.3 is 10.1 Å². The number of hydrogen-bond donors (Lipinski definition) is 2. The largest absolute Gasteiger partial charge is 0.477 e. The van der Waals surface area contributed by atoms with Crippen molar-refractivity contribution in [2.45, 2.75) is 20.3 Å². The van der Waals surface area contributed by atoms with E-state index in [2.05, 4.69) is 9.97 Å². The molecule has 6 heteroatoms. The van der Waals surface area contributed by atoms with E-state index in [1.54, 1.807) is 6.92 Å². The quantitative estimate of drug-likeness (QED) is 0.778. The third-order valence-electron chi connectivity index (χ3n) is 3.54. The summed E-state index contributed by atoms with van der Waals surface area (Å²) < 4.78 is 0. The summed E-state index contributed by atoms with van der Waals surface area (Å²) in [7, 11) is 0. The summed E-state index contributed by atoms with van der Waals surface area (Å²) in [6.45, 7) is 3.65. The zero-order valence-corrected chi connectivity index (χ0v) is 13.0. The monoisotopic (exact) mass is 314 g/mol. The Morgan fingerprint density at radius 3 is 2.59 bits per heavy atom. The minimum atomic E-state index is -1.03. The molecule has 0 saturated carbocycles. The Bertz CT molecular complexity index is 923. The number of benzene rings is 1. The summed E-state index contributed by atoms with van der Waals surface area (Å²) >= 11 is 1.04. The molecule has 2 heterocycles. The van der Waals surface area contributed by atoms with Crippen LogP contribution in [0.1, 0.15) is 32.2 Å². The molecule has 0 aliphatic rings. The molecule has 0 fully saturated rings. The molecule has 0 radical (unpaired) electrons. The fourth-order valence-corrected chi connectivity index (χ4v) is 3.41. The fourth-order valence-electron chi connectivity index (χ4n) is 2.38. The number of nitrogens with one attached hydrogen (secondary N) is 1. The Kier molecular flexibility index (Phi) is 3.54. The molecular weight excluding hydrogens is 300 g/mol. The van der Waals surface area contributed by atoms with Gasteiger partial charge in [-0.15, -0.1) is 11.3 Å². The number of aromatic carboxylic acids is 1. The summed E-state index contributed by atoms with van der Waals surface area (Å²) in [4.78, 5) is 31.2. The maximum absolute atomic E-state index is 12.2. The first kappa shape index (κ1) is 14.5. The van der Waals surface area contributed by atoms with Gasteiger partial charge in [0.15, 0.2) is 0 Å². The Morgan fingerprint density at radius 1 is 1.27 bits per heavy atom. The van der Waals surface area contributed by atoms with E-state index in [0.717, 1.165) is 16.9 Å². The minimum Gasteiger partial charge on any atom is -0.477 e. The number of hydrogen-bond acceptors (Lipinski definition) is 4. The van der Waals surface area contributed by atoms with E-state index in [1.165, 1.54) is 5.56 Å². The van der Waals surface area contributed by atoms with E-state index in [0.29, 0.717) is 28.0 Å². The summed E-state index contributed by atoms with van der Waals surface area (Å²) in [6.07, 6.45) is 0.505. The number of nitrogens with zero attached hydrogens (tertiary/aromatic N) is 1. The molecule has 3 aromatic rings. The van der Waals surface area contributed by atoms with Gasteiger partial charge in [0.25, 0.3) is 5.56 Å². The normalized spacial score (nSPS) is 11.0. The van der Waals surface area contributed by atoms with Crippen LogP contribution in [-0.2, 0) is 6.42 Å². The van der Waals surface area contributed by atoms with E-state index >= 15 is 0 Å². The van der Waals surface area contributed by atoms with Crippen molar-refractivity contribution in [3.05, 3.63) is 62.0 Å². The highest BCUT2D eigenvalue weighted by atomic mass is 32.1. The molecular formula is C16H14N2O3S. The lowest BCUT2D eigenvalue weighted by atomic mass is 10.1. The standard InChI is InChI=1S/C16H14N2O3S/c1-8-3-5-10(6-4-8)7-11-17-14(19)12-9(2)13(16(20)21)22-15(12)18-11/h3-6H,7H2,1-2H3,(H,20,21)(H,17,18,19). The molecule has 0 aliphatic heterocycles. The lowest BCUT2D eigenvalue weighted by Crippen LogP contribution is -2.12. The van der Waals surface area contributed by atoms with Gasteiger partial charge in [-0.05, 0) is 25.0 Å². The second-order valence-electron chi connectivity index (χ2n) is 5.22. The van der Waals surface area contributed by atoms with Crippen molar-refractivity contribution in [1.82, 2.24) is 9.97 Å². The first-order chi connectivity index (χ1) is 10.5. The molecule has 0 aliphatic carbocycles. The highest BCUT2D eigenvalue weighted by Crippen LogP contribution is 2.27. The number of carbonyl (C=O) groups is 1. The van der Waals surface area contributed by atoms with Gasteiger partial charge >= 0.3 is 5.97 Å². The Hall–Kier alpha value is -2.47. The number of carboxylic acid groups (broad SMARTS) is 1. The van der Waals surface area contributed by atoms with Gasteiger partial charge in [0, 0.05) is 6.42 Å². The topological polar surface area (TPSA) is 83.0 Å². The van der Waals surface area contributed by atoms with Crippen molar-refractivity contribution >= 4 is 27.5 Å². The smallest absolute Gasteiger partial charge is 0.346 e. The predicted molar refractivity (Wildman–Crippen MR) is 85.9 cm³/mol. The lowest BCUT2D eigenvalue weighted by Gasteiger charge is -2.02. The van der Waals surface area contributed by atoms with Crippen molar-refractivity contribution in [1.29, 1.82) is 0 Å². The minimum absolute atomic E-state index is 0.167. The number of thiophene rings is 1. The van der Waals surface area contributed by atoms with Crippen molar-refractivity contribution in [2.75, 3.05) is 0 Å². The highest BCUT2D eigenvalue weighted by molar-refractivity contribution is 7.20.